The molecule has 0 radical (unpaired) electrons. The molecule has 0 heterocycles. The third-order valence-corrected chi connectivity index (χ3v) is 3.66. The van der Waals surface area contributed by atoms with E-state index in [1.165, 1.54) is 6.92 Å². The second-order valence-electron chi connectivity index (χ2n) is 5.59. The highest BCUT2D eigenvalue weighted by atomic mass is 16.5. The van der Waals surface area contributed by atoms with E-state index in [1.807, 2.05) is 44.2 Å². The van der Waals surface area contributed by atoms with Crippen LogP contribution in [0.4, 0.5) is 0 Å². The summed E-state index contributed by atoms with van der Waals surface area (Å²) in [5.74, 6) is -0.557. The molecule has 4 nitrogen and oxygen atoms in total. The third kappa shape index (κ3) is 3.28. The molecular weight excluding hydrogens is 280 g/mol. The lowest BCUT2D eigenvalue weighted by molar-refractivity contribution is -0.157. The van der Waals surface area contributed by atoms with Crippen LogP contribution in [0.1, 0.15) is 29.2 Å². The van der Waals surface area contributed by atoms with Crippen LogP contribution >= 0.6 is 0 Å². The molecule has 1 unspecified atom stereocenters. The van der Waals surface area contributed by atoms with Gasteiger partial charge < -0.3 is 14.9 Å². The zero-order valence-electron chi connectivity index (χ0n) is 13.0. The SMILES string of the molecule is Cc1cc(C(C)(O)C(=O)O)cc(C)c1OCc1ccccc1. The Kier molecular flexibility index (Phi) is 4.52. The molecule has 0 aliphatic rings. The maximum absolute atomic E-state index is 11.2. The molecule has 0 aliphatic heterocycles. The van der Waals surface area contributed by atoms with Crippen LogP contribution in [0.2, 0.25) is 0 Å². The van der Waals surface area contributed by atoms with E-state index in [1.54, 1.807) is 12.1 Å². The normalized spacial score (nSPS) is 13.5. The predicted octanol–water partition coefficient (Wildman–Crippen LogP) is 3.17. The van der Waals surface area contributed by atoms with E-state index in [2.05, 4.69) is 0 Å². The Bertz CT molecular complexity index is 652. The lowest BCUT2D eigenvalue weighted by Gasteiger charge is -2.21. The van der Waals surface area contributed by atoms with Crippen molar-refractivity contribution in [3.05, 3.63) is 64.7 Å². The summed E-state index contributed by atoms with van der Waals surface area (Å²) in [6.07, 6.45) is 0. The van der Waals surface area contributed by atoms with Crippen LogP contribution in [-0.4, -0.2) is 16.2 Å². The first-order valence-corrected chi connectivity index (χ1v) is 7.06. The molecule has 0 aromatic heterocycles. The van der Waals surface area contributed by atoms with Crippen LogP contribution < -0.4 is 4.74 Å². The summed E-state index contributed by atoms with van der Waals surface area (Å²) in [6, 6.07) is 13.1. The maximum atomic E-state index is 11.2. The van der Waals surface area contributed by atoms with Gasteiger partial charge in [-0.3, -0.25) is 0 Å². The molecule has 1 atom stereocenters. The highest BCUT2D eigenvalue weighted by Gasteiger charge is 2.33. The predicted molar refractivity (Wildman–Crippen MR) is 83.9 cm³/mol. The smallest absolute Gasteiger partial charge is 0.340 e. The summed E-state index contributed by atoms with van der Waals surface area (Å²) in [4.78, 5) is 11.2. The summed E-state index contributed by atoms with van der Waals surface area (Å²) in [6.45, 7) is 5.40. The van der Waals surface area contributed by atoms with Gasteiger partial charge >= 0.3 is 5.97 Å². The highest BCUT2D eigenvalue weighted by Crippen LogP contribution is 2.30. The van der Waals surface area contributed by atoms with E-state index in [0.717, 1.165) is 16.7 Å². The molecule has 0 saturated carbocycles. The monoisotopic (exact) mass is 300 g/mol. The number of ether oxygens (including phenoxy) is 1. The molecule has 2 aromatic rings. The number of aliphatic carboxylic acids is 1. The molecule has 0 fully saturated rings. The van der Waals surface area contributed by atoms with Gasteiger partial charge in [0.2, 0.25) is 0 Å². The Morgan fingerprint density at radius 1 is 1.14 bits per heavy atom. The number of aliphatic hydroxyl groups is 1. The molecule has 2 N–H and O–H groups in total. The van der Waals surface area contributed by atoms with Gasteiger partial charge in [0.15, 0.2) is 5.60 Å². The van der Waals surface area contributed by atoms with E-state index in [-0.39, 0.29) is 0 Å². The van der Waals surface area contributed by atoms with Crippen molar-refractivity contribution in [2.75, 3.05) is 0 Å². The summed E-state index contributed by atoms with van der Waals surface area (Å²) < 4.78 is 5.85. The Labute approximate surface area is 130 Å². The van der Waals surface area contributed by atoms with E-state index < -0.39 is 11.6 Å². The minimum atomic E-state index is -1.91. The van der Waals surface area contributed by atoms with Gasteiger partial charge in [-0.25, -0.2) is 4.79 Å². The molecule has 2 rings (SSSR count). The van der Waals surface area contributed by atoms with Gasteiger partial charge in [0.1, 0.15) is 12.4 Å². The Morgan fingerprint density at radius 2 is 1.68 bits per heavy atom. The van der Waals surface area contributed by atoms with Gasteiger partial charge in [-0.05, 0) is 55.2 Å². The molecular formula is C18H20O4. The average Bonchev–Trinajstić information content (AvgIpc) is 2.47. The van der Waals surface area contributed by atoms with Crippen molar-refractivity contribution in [2.24, 2.45) is 0 Å². The van der Waals surface area contributed by atoms with Crippen molar-refractivity contribution in [2.45, 2.75) is 33.0 Å². The Hall–Kier alpha value is -2.33. The molecule has 0 aliphatic carbocycles. The molecule has 0 amide bonds. The van der Waals surface area contributed by atoms with Gasteiger partial charge in [-0.2, -0.15) is 0 Å². The van der Waals surface area contributed by atoms with Crippen LogP contribution in [0.25, 0.3) is 0 Å². The van der Waals surface area contributed by atoms with E-state index in [4.69, 9.17) is 9.84 Å². The lowest BCUT2D eigenvalue weighted by Crippen LogP contribution is -2.32. The number of benzene rings is 2. The van der Waals surface area contributed by atoms with Crippen molar-refractivity contribution in [1.82, 2.24) is 0 Å². The van der Waals surface area contributed by atoms with Crippen molar-refractivity contribution >= 4 is 5.97 Å². The second-order valence-corrected chi connectivity index (χ2v) is 5.59. The fourth-order valence-corrected chi connectivity index (χ4v) is 2.31. The van der Waals surface area contributed by atoms with Crippen LogP contribution in [0, 0.1) is 13.8 Å². The van der Waals surface area contributed by atoms with Gasteiger partial charge in [0, 0.05) is 0 Å². The van der Waals surface area contributed by atoms with E-state index in [9.17, 15) is 9.90 Å². The number of carbonyl (C=O) groups is 1. The van der Waals surface area contributed by atoms with Crippen LogP contribution in [0.5, 0.6) is 5.75 Å². The van der Waals surface area contributed by atoms with Crippen molar-refractivity contribution in [3.63, 3.8) is 0 Å². The molecule has 2 aromatic carbocycles. The molecule has 0 saturated heterocycles. The van der Waals surface area contributed by atoms with Gasteiger partial charge in [-0.15, -0.1) is 0 Å². The quantitative estimate of drug-likeness (QED) is 0.890. The topological polar surface area (TPSA) is 66.8 Å². The number of rotatable bonds is 5. The van der Waals surface area contributed by atoms with Gasteiger partial charge in [-0.1, -0.05) is 30.3 Å². The number of carboxylic acids is 1. The standard InChI is InChI=1S/C18H20O4/c1-12-9-15(18(3,21)17(19)20)10-13(2)16(12)22-11-14-7-5-4-6-8-14/h4-10,21H,11H2,1-3H3,(H,19,20). The van der Waals surface area contributed by atoms with Gasteiger partial charge in [0.05, 0.1) is 0 Å². The minimum Gasteiger partial charge on any atom is -0.488 e. The molecule has 4 heteroatoms. The molecule has 0 spiro atoms. The number of carboxylic acid groups (broad SMARTS) is 1. The van der Waals surface area contributed by atoms with Crippen LogP contribution in [0.3, 0.4) is 0 Å². The summed E-state index contributed by atoms with van der Waals surface area (Å²) >= 11 is 0. The largest absolute Gasteiger partial charge is 0.488 e. The van der Waals surface area contributed by atoms with Crippen molar-refractivity contribution in [1.29, 1.82) is 0 Å². The molecule has 116 valence electrons. The fourth-order valence-electron chi connectivity index (χ4n) is 2.31. The zero-order valence-corrected chi connectivity index (χ0v) is 13.0. The molecule has 0 bridgehead atoms. The summed E-state index contributed by atoms with van der Waals surface area (Å²) in [5.41, 5.74) is 1.10. The van der Waals surface area contributed by atoms with Gasteiger partial charge in [0.25, 0.3) is 0 Å². The van der Waals surface area contributed by atoms with E-state index >= 15 is 0 Å². The van der Waals surface area contributed by atoms with Crippen LogP contribution in [-0.2, 0) is 17.0 Å². The number of hydrogen-bond acceptors (Lipinski definition) is 3. The summed E-state index contributed by atoms with van der Waals surface area (Å²) in [7, 11) is 0. The highest BCUT2D eigenvalue weighted by molar-refractivity contribution is 5.78. The first-order valence-electron chi connectivity index (χ1n) is 7.06. The number of aryl methyl sites for hydroxylation is 2. The Balaban J connectivity index is 2.26. The second kappa shape index (κ2) is 6.20. The number of hydrogen-bond donors (Lipinski definition) is 2. The molecule has 22 heavy (non-hydrogen) atoms. The zero-order chi connectivity index (χ0) is 16.3. The minimum absolute atomic E-state index is 0.349. The van der Waals surface area contributed by atoms with E-state index in [0.29, 0.717) is 17.9 Å². The lowest BCUT2D eigenvalue weighted by atomic mass is 9.92. The van der Waals surface area contributed by atoms with Crippen molar-refractivity contribution in [3.8, 4) is 5.75 Å². The third-order valence-electron chi connectivity index (χ3n) is 3.66. The first kappa shape index (κ1) is 16.0. The maximum Gasteiger partial charge on any atom is 0.340 e. The first-order chi connectivity index (χ1) is 10.3. The average molecular weight is 300 g/mol. The summed E-state index contributed by atoms with van der Waals surface area (Å²) in [5, 5.41) is 19.2. The fraction of sp³-hybridized carbons (Fsp3) is 0.278. The van der Waals surface area contributed by atoms with Crippen LogP contribution in [0.15, 0.2) is 42.5 Å². The Morgan fingerprint density at radius 3 is 2.18 bits per heavy atom. The van der Waals surface area contributed by atoms with Crippen molar-refractivity contribution < 1.29 is 19.7 Å².